The zero-order valence-electron chi connectivity index (χ0n) is 18.8. The summed E-state index contributed by atoms with van der Waals surface area (Å²) in [6.45, 7) is 2.11. The van der Waals surface area contributed by atoms with Crippen molar-refractivity contribution in [1.82, 2.24) is 10.6 Å². The van der Waals surface area contributed by atoms with E-state index in [-0.39, 0.29) is 30.5 Å². The summed E-state index contributed by atoms with van der Waals surface area (Å²) in [6, 6.07) is 21.7. The van der Waals surface area contributed by atoms with E-state index in [0.29, 0.717) is 12.0 Å². The third-order valence-electron chi connectivity index (χ3n) is 6.00. The first-order chi connectivity index (χ1) is 16.5. The van der Waals surface area contributed by atoms with Gasteiger partial charge in [0.1, 0.15) is 12.6 Å². The second-order valence-electron chi connectivity index (χ2n) is 8.15. The highest BCUT2D eigenvalue weighted by molar-refractivity contribution is 5.88. The zero-order chi connectivity index (χ0) is 24.1. The molecular weight excluding hydrogens is 432 g/mol. The number of hydrogen-bond acceptors (Lipinski definition) is 4. The molecule has 0 fully saturated rings. The van der Waals surface area contributed by atoms with Crippen LogP contribution in [-0.4, -0.2) is 35.7 Å². The molecule has 0 bridgehead atoms. The Morgan fingerprint density at radius 1 is 0.941 bits per heavy atom. The van der Waals surface area contributed by atoms with Gasteiger partial charge in [0.25, 0.3) is 0 Å². The van der Waals surface area contributed by atoms with Gasteiger partial charge in [-0.3, -0.25) is 4.79 Å². The molecule has 7 heteroatoms. The number of carbonyl (C=O) groups is 3. The number of carboxylic acids is 1. The van der Waals surface area contributed by atoms with Crippen molar-refractivity contribution in [2.24, 2.45) is 0 Å². The number of carboxylic acid groups (broad SMARTS) is 1. The van der Waals surface area contributed by atoms with Crippen molar-refractivity contribution >= 4 is 18.0 Å². The summed E-state index contributed by atoms with van der Waals surface area (Å²) in [7, 11) is 0. The first-order valence-corrected chi connectivity index (χ1v) is 11.2. The molecule has 34 heavy (non-hydrogen) atoms. The van der Waals surface area contributed by atoms with Crippen LogP contribution in [-0.2, 0) is 16.1 Å². The van der Waals surface area contributed by atoms with Crippen molar-refractivity contribution in [3.8, 4) is 11.1 Å². The number of alkyl carbamates (subject to hydrolysis) is 1. The molecule has 0 saturated heterocycles. The predicted molar refractivity (Wildman–Crippen MR) is 128 cm³/mol. The van der Waals surface area contributed by atoms with E-state index in [9.17, 15) is 14.4 Å². The van der Waals surface area contributed by atoms with Gasteiger partial charge in [0.2, 0.25) is 5.91 Å². The summed E-state index contributed by atoms with van der Waals surface area (Å²) in [5.74, 6) is -1.46. The molecule has 4 rings (SSSR count). The lowest BCUT2D eigenvalue weighted by molar-refractivity contribution is -0.123. The Hall–Kier alpha value is -4.13. The highest BCUT2D eigenvalue weighted by Crippen LogP contribution is 2.44. The van der Waals surface area contributed by atoms with Crippen LogP contribution in [0.3, 0.4) is 0 Å². The lowest BCUT2D eigenvalue weighted by Crippen LogP contribution is -2.46. The Bertz CT molecular complexity index is 1180. The van der Waals surface area contributed by atoms with Crippen LogP contribution in [0.5, 0.6) is 0 Å². The first kappa shape index (κ1) is 23.0. The number of rotatable bonds is 8. The number of carbonyl (C=O) groups excluding carboxylic acids is 2. The second kappa shape index (κ2) is 10.2. The second-order valence-corrected chi connectivity index (χ2v) is 8.15. The molecule has 174 valence electrons. The van der Waals surface area contributed by atoms with E-state index in [0.717, 1.165) is 22.3 Å². The number of aromatic carboxylic acids is 1. The lowest BCUT2D eigenvalue weighted by atomic mass is 9.98. The third kappa shape index (κ3) is 4.93. The Labute approximate surface area is 197 Å². The van der Waals surface area contributed by atoms with Gasteiger partial charge in [0.05, 0.1) is 5.56 Å². The van der Waals surface area contributed by atoms with Crippen LogP contribution in [0, 0.1) is 0 Å². The maximum atomic E-state index is 12.6. The van der Waals surface area contributed by atoms with Gasteiger partial charge >= 0.3 is 12.1 Å². The SMILES string of the molecule is CCC(NC(=O)OCC1c2ccccc2-c2ccccc21)C(=O)NCc1cccc(C(=O)O)c1. The van der Waals surface area contributed by atoms with Gasteiger partial charge in [0, 0.05) is 12.5 Å². The van der Waals surface area contributed by atoms with Crippen molar-refractivity contribution in [3.05, 3.63) is 95.1 Å². The van der Waals surface area contributed by atoms with Gasteiger partial charge in [0.15, 0.2) is 0 Å². The fraction of sp³-hybridized carbons (Fsp3) is 0.222. The number of hydrogen-bond donors (Lipinski definition) is 3. The van der Waals surface area contributed by atoms with Gasteiger partial charge in [-0.1, -0.05) is 67.6 Å². The van der Waals surface area contributed by atoms with Crippen LogP contribution in [0.15, 0.2) is 72.8 Å². The lowest BCUT2D eigenvalue weighted by Gasteiger charge is -2.19. The van der Waals surface area contributed by atoms with Crippen LogP contribution in [0.4, 0.5) is 4.79 Å². The van der Waals surface area contributed by atoms with Crippen LogP contribution < -0.4 is 10.6 Å². The minimum atomic E-state index is -1.03. The fourth-order valence-electron chi connectivity index (χ4n) is 4.26. The van der Waals surface area contributed by atoms with Gasteiger partial charge in [-0.25, -0.2) is 9.59 Å². The monoisotopic (exact) mass is 458 g/mol. The zero-order valence-corrected chi connectivity index (χ0v) is 18.8. The van der Waals surface area contributed by atoms with Crippen LogP contribution >= 0.6 is 0 Å². The molecule has 3 N–H and O–H groups in total. The van der Waals surface area contributed by atoms with Crippen molar-refractivity contribution < 1.29 is 24.2 Å². The Morgan fingerprint density at radius 3 is 2.21 bits per heavy atom. The molecule has 1 aliphatic rings. The van der Waals surface area contributed by atoms with Crippen LogP contribution in [0.25, 0.3) is 11.1 Å². The molecule has 0 spiro atoms. The van der Waals surface area contributed by atoms with E-state index in [4.69, 9.17) is 9.84 Å². The summed E-state index contributed by atoms with van der Waals surface area (Å²) < 4.78 is 5.53. The molecule has 1 atom stereocenters. The van der Waals surface area contributed by atoms with Crippen molar-refractivity contribution in [1.29, 1.82) is 0 Å². The molecule has 0 saturated carbocycles. The van der Waals surface area contributed by atoms with Gasteiger partial charge < -0.3 is 20.5 Å². The summed E-state index contributed by atoms with van der Waals surface area (Å²) in [5, 5.41) is 14.5. The van der Waals surface area contributed by atoms with Gasteiger partial charge in [-0.15, -0.1) is 0 Å². The molecule has 0 aliphatic heterocycles. The van der Waals surface area contributed by atoms with Crippen LogP contribution in [0.2, 0.25) is 0 Å². The maximum absolute atomic E-state index is 12.6. The molecule has 0 aromatic heterocycles. The molecular formula is C27H26N2O5. The quantitative estimate of drug-likeness (QED) is 0.466. The smallest absolute Gasteiger partial charge is 0.407 e. The molecule has 2 amide bonds. The van der Waals surface area contributed by atoms with Gasteiger partial charge in [-0.2, -0.15) is 0 Å². The molecule has 7 nitrogen and oxygen atoms in total. The van der Waals surface area contributed by atoms with Crippen LogP contribution in [0.1, 0.15) is 46.3 Å². The number of benzene rings is 3. The van der Waals surface area contributed by atoms with E-state index in [1.165, 1.54) is 12.1 Å². The summed E-state index contributed by atoms with van der Waals surface area (Å²) in [4.78, 5) is 36.2. The molecule has 3 aromatic carbocycles. The average molecular weight is 459 g/mol. The topological polar surface area (TPSA) is 105 Å². The largest absolute Gasteiger partial charge is 0.478 e. The number of ether oxygens (including phenoxy) is 1. The highest BCUT2D eigenvalue weighted by Gasteiger charge is 2.29. The van der Waals surface area contributed by atoms with Crippen molar-refractivity contribution in [2.45, 2.75) is 31.8 Å². The normalized spacial score (nSPS) is 12.9. The molecule has 1 aliphatic carbocycles. The summed E-state index contributed by atoms with van der Waals surface area (Å²) in [6.07, 6.45) is -0.276. The van der Waals surface area contributed by atoms with E-state index in [2.05, 4.69) is 22.8 Å². The number of amides is 2. The average Bonchev–Trinajstić information content (AvgIpc) is 3.18. The molecule has 0 heterocycles. The van der Waals surface area contributed by atoms with Gasteiger partial charge in [-0.05, 0) is 46.4 Å². The van der Waals surface area contributed by atoms with E-state index >= 15 is 0 Å². The minimum Gasteiger partial charge on any atom is -0.478 e. The first-order valence-electron chi connectivity index (χ1n) is 11.2. The van der Waals surface area contributed by atoms with E-state index in [1.807, 2.05) is 36.4 Å². The molecule has 0 radical (unpaired) electrons. The van der Waals surface area contributed by atoms with E-state index < -0.39 is 18.1 Å². The fourth-order valence-corrected chi connectivity index (χ4v) is 4.26. The third-order valence-corrected chi connectivity index (χ3v) is 6.00. The summed E-state index contributed by atoms with van der Waals surface area (Å²) in [5.41, 5.74) is 5.32. The van der Waals surface area contributed by atoms with Crippen molar-refractivity contribution in [3.63, 3.8) is 0 Å². The molecule has 1 unspecified atom stereocenters. The Balaban J connectivity index is 1.33. The number of fused-ring (bicyclic) bond motifs is 3. The predicted octanol–water partition coefficient (Wildman–Crippen LogP) is 4.32. The van der Waals surface area contributed by atoms with Crippen molar-refractivity contribution in [2.75, 3.05) is 6.61 Å². The standard InChI is InChI=1S/C27H26N2O5/c1-2-24(25(30)28-15-17-8-7-9-18(14-17)26(31)32)29-27(33)34-16-23-21-12-5-3-10-19(21)20-11-4-6-13-22(20)23/h3-14,23-24H,2,15-16H2,1H3,(H,28,30)(H,29,33)(H,31,32). The maximum Gasteiger partial charge on any atom is 0.407 e. The highest BCUT2D eigenvalue weighted by atomic mass is 16.5. The molecule has 3 aromatic rings. The van der Waals surface area contributed by atoms with E-state index in [1.54, 1.807) is 19.1 Å². The Kier molecular flexibility index (Phi) is 6.92. The Morgan fingerprint density at radius 2 is 1.59 bits per heavy atom. The number of nitrogens with one attached hydrogen (secondary N) is 2. The summed E-state index contributed by atoms with van der Waals surface area (Å²) >= 11 is 0. The minimum absolute atomic E-state index is 0.0615.